The van der Waals surface area contributed by atoms with E-state index in [4.69, 9.17) is 4.74 Å². The van der Waals surface area contributed by atoms with Gasteiger partial charge in [-0.3, -0.25) is 4.79 Å². The first kappa shape index (κ1) is 26.1. The van der Waals surface area contributed by atoms with E-state index in [0.29, 0.717) is 30.6 Å². The Hall–Kier alpha value is -4.47. The van der Waals surface area contributed by atoms with Gasteiger partial charge in [0, 0.05) is 18.7 Å². The molecule has 0 saturated carbocycles. The van der Waals surface area contributed by atoms with E-state index in [0.717, 1.165) is 22.4 Å². The number of aromatic amines is 1. The number of alkyl carbamates (subject to hydrolysis) is 1. The SMILES string of the molecule is CC(=O)N1c2ccc(-c3c[nH][n+](CC[N+]4=C(O)c5ccccc5C4=O)c3)cc2C(NC(=O)OC(C)C)C[C@H]1C. The molecule has 2 aromatic carbocycles. The first-order valence-corrected chi connectivity index (χ1v) is 13.1. The number of rotatable bonds is 6. The number of carbonyl (C=O) groups is 3. The van der Waals surface area contributed by atoms with E-state index in [2.05, 4.69) is 10.4 Å². The highest BCUT2D eigenvalue weighted by atomic mass is 16.6. The van der Waals surface area contributed by atoms with E-state index < -0.39 is 6.09 Å². The molecule has 3 N–H and O–H groups in total. The van der Waals surface area contributed by atoms with Crippen LogP contribution in [0.3, 0.4) is 0 Å². The summed E-state index contributed by atoms with van der Waals surface area (Å²) in [4.78, 5) is 39.4. The van der Waals surface area contributed by atoms with Crippen LogP contribution >= 0.6 is 0 Å². The number of carbonyl (C=O) groups excluding carboxylic acids is 3. The molecule has 0 aliphatic carbocycles. The van der Waals surface area contributed by atoms with Crippen molar-refractivity contribution in [2.75, 3.05) is 11.4 Å². The summed E-state index contributed by atoms with van der Waals surface area (Å²) < 4.78 is 8.54. The van der Waals surface area contributed by atoms with Crippen molar-refractivity contribution < 1.29 is 33.5 Å². The van der Waals surface area contributed by atoms with Gasteiger partial charge in [0.05, 0.1) is 23.9 Å². The number of ether oxygens (including phenoxy) is 1. The number of amides is 3. The first-order chi connectivity index (χ1) is 18.6. The second-order valence-corrected chi connectivity index (χ2v) is 10.3. The molecule has 5 rings (SSSR count). The fraction of sp³-hybridized carbons (Fsp3) is 0.345. The predicted molar refractivity (Wildman–Crippen MR) is 144 cm³/mol. The van der Waals surface area contributed by atoms with Gasteiger partial charge in [-0.2, -0.15) is 5.10 Å². The average Bonchev–Trinajstić information content (AvgIpc) is 3.45. The van der Waals surface area contributed by atoms with E-state index >= 15 is 0 Å². The van der Waals surface area contributed by atoms with Gasteiger partial charge in [-0.15, -0.1) is 9.26 Å². The Bertz CT molecular complexity index is 1490. The number of aliphatic hydroxyl groups is 1. The van der Waals surface area contributed by atoms with Gasteiger partial charge >= 0.3 is 17.9 Å². The number of H-pyrrole nitrogens is 1. The minimum Gasteiger partial charge on any atom is -0.459 e. The van der Waals surface area contributed by atoms with Gasteiger partial charge in [0.1, 0.15) is 11.1 Å². The predicted octanol–water partition coefficient (Wildman–Crippen LogP) is 3.46. The van der Waals surface area contributed by atoms with Crippen molar-refractivity contribution in [1.82, 2.24) is 10.4 Å². The van der Waals surface area contributed by atoms with E-state index in [1.165, 1.54) is 4.58 Å². The number of hydrogen-bond donors (Lipinski definition) is 3. The van der Waals surface area contributed by atoms with Crippen LogP contribution < -0.4 is 14.9 Å². The zero-order chi connectivity index (χ0) is 27.8. The number of benzene rings is 2. The first-order valence-electron chi connectivity index (χ1n) is 13.1. The monoisotopic (exact) mass is 531 g/mol. The normalized spacial score (nSPS) is 18.3. The molecule has 3 amide bonds. The molecule has 0 spiro atoms. The summed E-state index contributed by atoms with van der Waals surface area (Å²) in [5.74, 6) is -0.307. The smallest absolute Gasteiger partial charge is 0.423 e. The fourth-order valence-electron chi connectivity index (χ4n) is 5.40. The second-order valence-electron chi connectivity index (χ2n) is 10.3. The van der Waals surface area contributed by atoms with Gasteiger partial charge in [-0.25, -0.2) is 9.59 Å². The van der Waals surface area contributed by atoms with Crippen molar-refractivity contribution in [1.29, 1.82) is 0 Å². The van der Waals surface area contributed by atoms with Crippen LogP contribution in [0, 0.1) is 0 Å². The Morgan fingerprint density at radius 2 is 1.90 bits per heavy atom. The molecule has 0 fully saturated rings. The molecule has 10 nitrogen and oxygen atoms in total. The van der Waals surface area contributed by atoms with Crippen molar-refractivity contribution in [2.24, 2.45) is 0 Å². The Labute approximate surface area is 226 Å². The van der Waals surface area contributed by atoms with Gasteiger partial charge in [0.2, 0.25) is 25.2 Å². The lowest BCUT2D eigenvalue weighted by Crippen LogP contribution is -2.45. The number of aromatic nitrogens is 2. The number of hydrogen-bond acceptors (Lipinski definition) is 4. The summed E-state index contributed by atoms with van der Waals surface area (Å²) in [6.45, 7) is 7.84. The van der Waals surface area contributed by atoms with Crippen LogP contribution in [0.5, 0.6) is 0 Å². The van der Waals surface area contributed by atoms with E-state index in [1.54, 1.807) is 49.9 Å². The quantitative estimate of drug-likeness (QED) is 0.421. The average molecular weight is 532 g/mol. The van der Waals surface area contributed by atoms with Crippen molar-refractivity contribution >= 4 is 29.5 Å². The third-order valence-corrected chi connectivity index (χ3v) is 7.13. The van der Waals surface area contributed by atoms with Crippen LogP contribution in [0.25, 0.3) is 11.1 Å². The highest BCUT2D eigenvalue weighted by Crippen LogP contribution is 2.39. The van der Waals surface area contributed by atoms with Crippen molar-refractivity contribution in [3.05, 3.63) is 71.5 Å². The van der Waals surface area contributed by atoms with Gasteiger partial charge in [-0.1, -0.05) is 18.2 Å². The lowest BCUT2D eigenvalue weighted by molar-refractivity contribution is -0.762. The summed E-state index contributed by atoms with van der Waals surface area (Å²) in [5.41, 5.74) is 4.46. The highest BCUT2D eigenvalue weighted by molar-refractivity contribution is 6.09. The topological polar surface area (TPSA) is 119 Å². The molecule has 202 valence electrons. The highest BCUT2D eigenvalue weighted by Gasteiger charge is 2.39. The number of fused-ring (bicyclic) bond motifs is 2. The molecule has 2 aliphatic heterocycles. The van der Waals surface area contributed by atoms with Crippen LogP contribution in [0.15, 0.2) is 54.9 Å². The standard InChI is InChI=1S/C29H31N5O5/c1-17(2)39-29(38)31-25-13-18(3)34(19(4)35)26-10-9-20(14-24(25)26)21-15-30-32(16-21)11-12-33-27(36)22-7-5-6-8-23(22)28(33)37/h5-10,14-18,25H,11-13H2,1-4H3,(H,31,38)/p+2/t18-,25?/m1/s1. The molecule has 3 heterocycles. The number of nitrogens with zero attached hydrogens (tertiary/aromatic N) is 3. The summed E-state index contributed by atoms with van der Waals surface area (Å²) in [7, 11) is 0. The number of aliphatic hydroxyl groups excluding tert-OH is 1. The zero-order valence-electron chi connectivity index (χ0n) is 22.5. The van der Waals surface area contributed by atoms with E-state index in [-0.39, 0.29) is 35.9 Å². The maximum absolute atomic E-state index is 12.7. The van der Waals surface area contributed by atoms with E-state index in [1.807, 2.05) is 42.2 Å². The molecule has 0 bridgehead atoms. The van der Waals surface area contributed by atoms with Gasteiger partial charge < -0.3 is 20.1 Å². The summed E-state index contributed by atoms with van der Waals surface area (Å²) >= 11 is 0. The fourth-order valence-corrected chi connectivity index (χ4v) is 5.40. The van der Waals surface area contributed by atoms with E-state index in [9.17, 15) is 19.5 Å². The molecule has 0 radical (unpaired) electrons. The lowest BCUT2D eigenvalue weighted by atomic mass is 9.89. The Morgan fingerprint density at radius 1 is 1.15 bits per heavy atom. The van der Waals surface area contributed by atoms with Crippen LogP contribution in [-0.2, 0) is 16.1 Å². The summed E-state index contributed by atoms with van der Waals surface area (Å²) in [6.07, 6.45) is 3.60. The third kappa shape index (κ3) is 5.01. The van der Waals surface area contributed by atoms with Crippen molar-refractivity contribution in [3.63, 3.8) is 0 Å². The van der Waals surface area contributed by atoms with Crippen molar-refractivity contribution in [2.45, 2.75) is 58.8 Å². The van der Waals surface area contributed by atoms with Crippen LogP contribution in [0.4, 0.5) is 10.5 Å². The van der Waals surface area contributed by atoms with Crippen molar-refractivity contribution in [3.8, 4) is 11.1 Å². The van der Waals surface area contributed by atoms with Gasteiger partial charge in [-0.05, 0) is 62.6 Å². The van der Waals surface area contributed by atoms with Gasteiger partial charge in [0.25, 0.3) is 0 Å². The molecule has 39 heavy (non-hydrogen) atoms. The number of nitrogens with one attached hydrogen (secondary N) is 2. The maximum Gasteiger partial charge on any atom is 0.423 e. The van der Waals surface area contributed by atoms with Crippen LogP contribution in [0.1, 0.15) is 61.6 Å². The molecule has 3 aromatic rings. The molecule has 10 heteroatoms. The maximum atomic E-state index is 12.7. The molecule has 2 aliphatic rings. The Kier molecular flexibility index (Phi) is 6.94. The molecular formula is C29H33N5O5+2. The largest absolute Gasteiger partial charge is 0.459 e. The summed E-state index contributed by atoms with van der Waals surface area (Å²) in [6, 6.07) is 12.5. The zero-order valence-corrected chi connectivity index (χ0v) is 22.5. The molecule has 1 unspecified atom stereocenters. The number of anilines is 1. The molecule has 0 saturated heterocycles. The van der Waals surface area contributed by atoms with Crippen LogP contribution in [-0.4, -0.2) is 57.3 Å². The Morgan fingerprint density at radius 3 is 2.59 bits per heavy atom. The van der Waals surface area contributed by atoms with Gasteiger partial charge in [0.15, 0.2) is 0 Å². The minimum absolute atomic E-state index is 0.0311. The molecule has 1 aromatic heterocycles. The van der Waals surface area contributed by atoms with Crippen LogP contribution in [0.2, 0.25) is 0 Å². The molecular weight excluding hydrogens is 498 g/mol. The third-order valence-electron chi connectivity index (χ3n) is 7.13. The second kappa shape index (κ2) is 10.4. The Balaban J connectivity index is 1.38. The summed E-state index contributed by atoms with van der Waals surface area (Å²) in [5, 5.41) is 16.7. The minimum atomic E-state index is -0.493. The lowest BCUT2D eigenvalue weighted by Gasteiger charge is -2.39. The molecule has 2 atom stereocenters.